The minimum atomic E-state index is -2.76. The first-order valence-electron chi connectivity index (χ1n) is 13.6. The molecular weight excluding hydrogens is 526 g/mol. The molecule has 0 saturated heterocycles. The van der Waals surface area contributed by atoms with Crippen molar-refractivity contribution in [3.8, 4) is 0 Å². The number of alkyl halides is 2. The van der Waals surface area contributed by atoms with Gasteiger partial charge in [-0.2, -0.15) is 8.78 Å². The fourth-order valence-electron chi connectivity index (χ4n) is 5.81. The van der Waals surface area contributed by atoms with Crippen LogP contribution in [0.1, 0.15) is 70.3 Å². The van der Waals surface area contributed by atoms with Crippen molar-refractivity contribution < 1.29 is 18.4 Å². The number of nitrogens with one attached hydrogen (secondary N) is 1. The molecule has 1 aromatic heterocycles. The molecule has 3 aliphatic carbocycles. The topological polar surface area (TPSA) is 51.1 Å². The number of thioether (sulfide) groups is 1. The predicted molar refractivity (Wildman–Crippen MR) is 153 cm³/mol. The zero-order valence-electron chi connectivity index (χ0n) is 22.2. The Balaban J connectivity index is 1.38. The number of ketones is 1. The summed E-state index contributed by atoms with van der Waals surface area (Å²) in [5.74, 6) is 0.622. The summed E-state index contributed by atoms with van der Waals surface area (Å²) in [6.45, 7) is 8.84. The highest BCUT2D eigenvalue weighted by Crippen LogP contribution is 2.36. The molecule has 0 spiro atoms. The molecule has 1 aromatic rings. The lowest BCUT2D eigenvalue weighted by molar-refractivity contribution is -0.119. The molecule has 1 N–H and O–H groups in total. The summed E-state index contributed by atoms with van der Waals surface area (Å²) in [7, 11) is 0. The van der Waals surface area contributed by atoms with Gasteiger partial charge in [0.25, 0.3) is 5.25 Å². The lowest BCUT2D eigenvalue weighted by atomic mass is 9.85. The van der Waals surface area contributed by atoms with Crippen molar-refractivity contribution in [1.82, 2.24) is 9.88 Å². The third kappa shape index (κ3) is 6.53. The van der Waals surface area contributed by atoms with E-state index in [1.807, 2.05) is 31.2 Å². The van der Waals surface area contributed by atoms with E-state index in [4.69, 9.17) is 11.6 Å². The number of allylic oxidation sites excluding steroid dienone is 5. The second-order valence-corrected chi connectivity index (χ2v) is 12.3. The molecule has 4 nitrogen and oxygen atoms in total. The van der Waals surface area contributed by atoms with Crippen molar-refractivity contribution in [2.45, 2.75) is 76.5 Å². The molecule has 4 rings (SSSR count). The highest BCUT2D eigenvalue weighted by Gasteiger charge is 2.33. The van der Waals surface area contributed by atoms with Crippen LogP contribution in [0.2, 0.25) is 0 Å². The van der Waals surface area contributed by atoms with Gasteiger partial charge in [-0.15, -0.1) is 0 Å². The number of hydrogen-bond acceptors (Lipinski definition) is 3. The minimum absolute atomic E-state index is 0.0670. The number of carbonyl (C=O) groups excluding carboxylic acids is 2. The van der Waals surface area contributed by atoms with Crippen molar-refractivity contribution in [3.05, 3.63) is 56.7 Å². The summed E-state index contributed by atoms with van der Waals surface area (Å²) in [6, 6.07) is 0. The molecule has 8 heteroatoms. The van der Waals surface area contributed by atoms with E-state index >= 15 is 0 Å². The van der Waals surface area contributed by atoms with Gasteiger partial charge in [-0.1, -0.05) is 62.0 Å². The van der Waals surface area contributed by atoms with Gasteiger partial charge >= 0.3 is 0 Å². The molecule has 1 saturated carbocycles. The normalized spacial score (nSPS) is 23.2. The van der Waals surface area contributed by atoms with E-state index in [2.05, 4.69) is 22.7 Å². The molecule has 3 atom stereocenters. The van der Waals surface area contributed by atoms with Gasteiger partial charge in [0.1, 0.15) is 0 Å². The Kier molecular flexibility index (Phi) is 9.40. The SMILES string of the molecule is C=c1c2c(cn1CC1CCC(C(=O)C3=CC=C(Cl)CC3)C1)C(CC)C(C(=O)NCCSC(F)(F)CC)=CC=2. The highest BCUT2D eigenvalue weighted by atomic mass is 35.5. The van der Waals surface area contributed by atoms with Gasteiger partial charge < -0.3 is 9.88 Å². The lowest BCUT2D eigenvalue weighted by Crippen LogP contribution is -2.35. The Morgan fingerprint density at radius 3 is 2.66 bits per heavy atom. The summed E-state index contributed by atoms with van der Waals surface area (Å²) in [6.07, 6.45) is 14.4. The molecule has 0 aliphatic heterocycles. The van der Waals surface area contributed by atoms with E-state index in [0.717, 1.165) is 71.8 Å². The van der Waals surface area contributed by atoms with Crippen LogP contribution in [0.4, 0.5) is 8.78 Å². The van der Waals surface area contributed by atoms with E-state index in [1.165, 1.54) is 6.92 Å². The number of rotatable bonds is 11. The van der Waals surface area contributed by atoms with Gasteiger partial charge in [-0.3, -0.25) is 9.59 Å². The summed E-state index contributed by atoms with van der Waals surface area (Å²) >= 11 is 6.63. The molecule has 3 unspecified atom stereocenters. The molecule has 0 radical (unpaired) electrons. The number of amides is 1. The van der Waals surface area contributed by atoms with E-state index in [-0.39, 0.29) is 42.2 Å². The monoisotopic (exact) mass is 562 g/mol. The van der Waals surface area contributed by atoms with Crippen LogP contribution in [0.15, 0.2) is 40.6 Å². The number of nitrogens with zero attached hydrogens (tertiary/aromatic N) is 1. The van der Waals surface area contributed by atoms with Gasteiger partial charge in [0.2, 0.25) is 5.91 Å². The van der Waals surface area contributed by atoms with Gasteiger partial charge in [-0.25, -0.2) is 0 Å². The van der Waals surface area contributed by atoms with E-state index in [0.29, 0.717) is 23.3 Å². The van der Waals surface area contributed by atoms with Crippen molar-refractivity contribution in [3.63, 3.8) is 0 Å². The number of halogens is 3. The first kappa shape index (κ1) is 28.9. The van der Waals surface area contributed by atoms with Crippen LogP contribution in [0.3, 0.4) is 0 Å². The number of fused-ring (bicyclic) bond motifs is 1. The standard InChI is InChI=1S/C30H37ClF2N2O2S/c1-4-24-26(29(37)34-14-15-38-30(32,33)5-2)13-12-25-19(3)35(18-27(24)25)17-20-6-7-22(16-20)28(36)21-8-10-23(31)11-9-21/h8,10,12-13,18,20,22,24H,3-7,9,11,14-17H2,1-2H3,(H,34,37). The summed E-state index contributed by atoms with van der Waals surface area (Å²) < 4.78 is 29.1. The summed E-state index contributed by atoms with van der Waals surface area (Å²) in [5, 5.41) is 2.84. The first-order valence-corrected chi connectivity index (χ1v) is 15.0. The molecule has 38 heavy (non-hydrogen) atoms. The summed E-state index contributed by atoms with van der Waals surface area (Å²) in [4.78, 5) is 25.9. The Hall–Kier alpha value is -2.12. The number of carbonyl (C=O) groups is 2. The molecule has 0 aromatic carbocycles. The van der Waals surface area contributed by atoms with Gasteiger partial charge in [0.15, 0.2) is 5.78 Å². The van der Waals surface area contributed by atoms with Crippen molar-refractivity contribution >= 4 is 47.7 Å². The molecular formula is C30H37ClF2N2O2S. The maximum atomic E-state index is 13.5. The maximum absolute atomic E-state index is 13.5. The van der Waals surface area contributed by atoms with Crippen molar-refractivity contribution in [1.29, 1.82) is 0 Å². The third-order valence-electron chi connectivity index (χ3n) is 8.01. The fraction of sp³-hybridized carbons (Fsp3) is 0.533. The van der Waals surface area contributed by atoms with E-state index in [9.17, 15) is 18.4 Å². The lowest BCUT2D eigenvalue weighted by Gasteiger charge is -2.20. The van der Waals surface area contributed by atoms with E-state index < -0.39 is 5.25 Å². The Labute approximate surface area is 233 Å². The van der Waals surface area contributed by atoms with Crippen LogP contribution in [-0.4, -0.2) is 33.8 Å². The highest BCUT2D eigenvalue weighted by molar-refractivity contribution is 8.00. The minimum Gasteiger partial charge on any atom is -0.351 e. The zero-order valence-corrected chi connectivity index (χ0v) is 23.8. The molecule has 1 heterocycles. The van der Waals surface area contributed by atoms with Gasteiger partial charge in [-0.05, 0) is 61.7 Å². The number of Topliss-reactive ketones (excluding diaryl/α,β-unsaturated/α-hetero) is 1. The zero-order chi connectivity index (χ0) is 27.4. The van der Waals surface area contributed by atoms with Crippen LogP contribution in [0.5, 0.6) is 0 Å². The number of aromatic nitrogens is 1. The average Bonchev–Trinajstić information content (AvgIpc) is 3.50. The molecule has 3 aliphatic rings. The average molecular weight is 563 g/mol. The van der Waals surface area contributed by atoms with E-state index in [1.54, 1.807) is 0 Å². The van der Waals surface area contributed by atoms with Crippen molar-refractivity contribution in [2.75, 3.05) is 12.3 Å². The molecule has 1 fully saturated rings. The summed E-state index contributed by atoms with van der Waals surface area (Å²) in [5.41, 5.74) is 2.63. The fourth-order valence-corrected chi connectivity index (χ4v) is 6.67. The Bertz CT molecular complexity index is 1280. The van der Waals surface area contributed by atoms with Crippen LogP contribution in [-0.2, 0) is 16.1 Å². The van der Waals surface area contributed by atoms with Gasteiger partial charge in [0.05, 0.1) is 0 Å². The quantitative estimate of drug-likeness (QED) is 0.347. The molecule has 0 bridgehead atoms. The van der Waals surface area contributed by atoms with Crippen molar-refractivity contribution in [2.24, 2.45) is 11.8 Å². The smallest absolute Gasteiger partial charge is 0.293 e. The first-order chi connectivity index (χ1) is 18.1. The maximum Gasteiger partial charge on any atom is 0.293 e. The molecule has 206 valence electrons. The van der Waals surface area contributed by atoms with Gasteiger partial charge in [0, 0.05) is 64.5 Å². The largest absolute Gasteiger partial charge is 0.351 e. The third-order valence-corrected chi connectivity index (χ3v) is 9.44. The Morgan fingerprint density at radius 1 is 1.18 bits per heavy atom. The predicted octanol–water partition coefficient (Wildman–Crippen LogP) is 5.79. The number of hydrogen-bond donors (Lipinski definition) is 1. The Morgan fingerprint density at radius 2 is 1.97 bits per heavy atom. The second kappa shape index (κ2) is 12.4. The van der Waals surface area contributed by atoms with Crippen LogP contribution in [0, 0.1) is 11.8 Å². The van der Waals surface area contributed by atoms with Crippen LogP contribution >= 0.6 is 23.4 Å². The molecule has 1 amide bonds. The van der Waals surface area contributed by atoms with Crippen LogP contribution in [0.25, 0.3) is 12.7 Å². The second-order valence-electron chi connectivity index (χ2n) is 10.5. The van der Waals surface area contributed by atoms with Crippen LogP contribution < -0.4 is 15.9 Å².